The molecule has 8 nitrogen and oxygen atoms in total. The predicted octanol–water partition coefficient (Wildman–Crippen LogP) is 0.564. The van der Waals surface area contributed by atoms with Crippen LogP contribution in [0.3, 0.4) is 0 Å². The van der Waals surface area contributed by atoms with E-state index in [1.165, 1.54) is 19.3 Å². The molecule has 4 saturated carbocycles. The normalized spacial score (nSPS) is 43.6. The van der Waals surface area contributed by atoms with Crippen LogP contribution in [0.25, 0.3) is 0 Å². The second-order valence-corrected chi connectivity index (χ2v) is 9.99. The Balaban J connectivity index is 1.23. The number of carbonyl (C=O) groups excluding carboxylic acids is 1. The number of rotatable bonds is 5. The minimum Gasteiger partial charge on any atom is -0.462 e. The molecule has 1 saturated heterocycles. The third kappa shape index (κ3) is 3.96. The fourth-order valence-corrected chi connectivity index (χ4v) is 6.56. The molecule has 4 aliphatic carbocycles. The van der Waals surface area contributed by atoms with Gasteiger partial charge in [-0.05, 0) is 80.5 Å². The molecular weight excluding hydrogens is 402 g/mol. The number of amides is 1. The number of aliphatic hydroxyl groups is 4. The fourth-order valence-electron chi connectivity index (χ4n) is 6.56. The SMILES string of the molecule is O=C(NC12CC3CC(CC(C3)C1)C2)c1ccc(OC2OC(CO)C(O)C(O)C2O)cc1. The lowest BCUT2D eigenvalue weighted by atomic mass is 9.53. The van der Waals surface area contributed by atoms with E-state index >= 15 is 0 Å². The van der Waals surface area contributed by atoms with E-state index in [4.69, 9.17) is 9.47 Å². The van der Waals surface area contributed by atoms with E-state index in [0.29, 0.717) is 11.3 Å². The predicted molar refractivity (Wildman–Crippen MR) is 109 cm³/mol. The van der Waals surface area contributed by atoms with Crippen molar-refractivity contribution in [3.8, 4) is 5.75 Å². The minimum atomic E-state index is -1.50. The van der Waals surface area contributed by atoms with Gasteiger partial charge in [-0.3, -0.25) is 4.79 Å². The highest BCUT2D eigenvalue weighted by Crippen LogP contribution is 2.55. The van der Waals surface area contributed by atoms with E-state index in [1.54, 1.807) is 24.3 Å². The maximum absolute atomic E-state index is 12.9. The van der Waals surface area contributed by atoms with E-state index in [9.17, 15) is 25.2 Å². The molecule has 5 aliphatic rings. The van der Waals surface area contributed by atoms with Crippen LogP contribution in [0.15, 0.2) is 24.3 Å². The van der Waals surface area contributed by atoms with Gasteiger partial charge in [0.25, 0.3) is 5.91 Å². The Bertz CT molecular complexity index is 775. The molecule has 4 bridgehead atoms. The van der Waals surface area contributed by atoms with Gasteiger partial charge in [-0.1, -0.05) is 0 Å². The highest BCUT2D eigenvalue weighted by Gasteiger charge is 2.51. The second-order valence-electron chi connectivity index (χ2n) is 9.99. The minimum absolute atomic E-state index is 0.0582. The summed E-state index contributed by atoms with van der Waals surface area (Å²) in [5.74, 6) is 2.51. The number of ether oxygens (including phenoxy) is 2. The van der Waals surface area contributed by atoms with Crippen molar-refractivity contribution in [2.24, 2.45) is 17.8 Å². The number of benzene rings is 1. The molecule has 0 spiro atoms. The highest BCUT2D eigenvalue weighted by molar-refractivity contribution is 5.94. The van der Waals surface area contributed by atoms with Crippen molar-refractivity contribution in [1.82, 2.24) is 5.32 Å². The summed E-state index contributed by atoms with van der Waals surface area (Å²) in [5, 5.41) is 42.5. The van der Waals surface area contributed by atoms with Gasteiger partial charge in [-0.25, -0.2) is 0 Å². The quantitative estimate of drug-likeness (QED) is 0.459. The molecule has 31 heavy (non-hydrogen) atoms. The number of nitrogens with one attached hydrogen (secondary N) is 1. The summed E-state index contributed by atoms with van der Waals surface area (Å²) in [7, 11) is 0. The number of hydrogen-bond donors (Lipinski definition) is 5. The van der Waals surface area contributed by atoms with E-state index in [1.807, 2.05) is 0 Å². The van der Waals surface area contributed by atoms with Crippen LogP contribution in [-0.4, -0.2) is 69.2 Å². The smallest absolute Gasteiger partial charge is 0.251 e. The molecule has 1 aliphatic heterocycles. The van der Waals surface area contributed by atoms with E-state index in [0.717, 1.165) is 37.0 Å². The summed E-state index contributed by atoms with van der Waals surface area (Å²) in [6, 6.07) is 6.54. The Kier molecular flexibility index (Phi) is 5.46. The molecule has 5 unspecified atom stereocenters. The summed E-state index contributed by atoms with van der Waals surface area (Å²) >= 11 is 0. The molecule has 0 aromatic heterocycles. The molecule has 1 amide bonds. The molecular formula is C23H31NO7. The van der Waals surface area contributed by atoms with Crippen LogP contribution in [0.1, 0.15) is 48.9 Å². The maximum atomic E-state index is 12.9. The van der Waals surface area contributed by atoms with Crippen molar-refractivity contribution in [3.63, 3.8) is 0 Å². The third-order valence-electron chi connectivity index (χ3n) is 7.63. The van der Waals surface area contributed by atoms with Gasteiger partial charge in [0.05, 0.1) is 6.61 Å². The van der Waals surface area contributed by atoms with E-state index < -0.39 is 37.3 Å². The van der Waals surface area contributed by atoms with Gasteiger partial charge < -0.3 is 35.2 Å². The molecule has 8 heteroatoms. The first kappa shape index (κ1) is 21.2. The van der Waals surface area contributed by atoms with Crippen LogP contribution in [0.4, 0.5) is 0 Å². The molecule has 1 heterocycles. The Labute approximate surface area is 181 Å². The topological polar surface area (TPSA) is 128 Å². The zero-order chi connectivity index (χ0) is 21.8. The van der Waals surface area contributed by atoms with Crippen molar-refractivity contribution in [2.75, 3.05) is 6.61 Å². The number of aliphatic hydroxyl groups excluding tert-OH is 4. The van der Waals surface area contributed by atoms with Crippen molar-refractivity contribution in [2.45, 2.75) is 74.8 Å². The number of hydrogen-bond acceptors (Lipinski definition) is 7. The van der Waals surface area contributed by atoms with E-state index in [2.05, 4.69) is 5.32 Å². The molecule has 5 N–H and O–H groups in total. The lowest BCUT2D eigenvalue weighted by Gasteiger charge is -2.56. The molecule has 1 aromatic carbocycles. The lowest BCUT2D eigenvalue weighted by molar-refractivity contribution is -0.277. The van der Waals surface area contributed by atoms with Crippen LogP contribution in [0, 0.1) is 17.8 Å². The van der Waals surface area contributed by atoms with Crippen LogP contribution >= 0.6 is 0 Å². The lowest BCUT2D eigenvalue weighted by Crippen LogP contribution is -2.60. The molecule has 0 radical (unpaired) electrons. The monoisotopic (exact) mass is 433 g/mol. The highest BCUT2D eigenvalue weighted by atomic mass is 16.7. The van der Waals surface area contributed by atoms with Crippen molar-refractivity contribution >= 4 is 5.91 Å². The molecule has 170 valence electrons. The zero-order valence-electron chi connectivity index (χ0n) is 17.4. The van der Waals surface area contributed by atoms with Crippen LogP contribution in [-0.2, 0) is 4.74 Å². The summed E-state index contributed by atoms with van der Waals surface area (Å²) in [5.41, 5.74) is 0.481. The summed E-state index contributed by atoms with van der Waals surface area (Å²) in [4.78, 5) is 12.9. The summed E-state index contributed by atoms with van der Waals surface area (Å²) in [6.07, 6.45) is 0.525. The Morgan fingerprint density at radius 2 is 1.55 bits per heavy atom. The van der Waals surface area contributed by atoms with Gasteiger partial charge in [0.1, 0.15) is 30.2 Å². The van der Waals surface area contributed by atoms with Crippen molar-refractivity contribution in [1.29, 1.82) is 0 Å². The Morgan fingerprint density at radius 1 is 0.968 bits per heavy atom. The fraction of sp³-hybridized carbons (Fsp3) is 0.696. The first-order valence-corrected chi connectivity index (χ1v) is 11.3. The van der Waals surface area contributed by atoms with E-state index in [-0.39, 0.29) is 11.4 Å². The molecule has 6 rings (SSSR count). The second kappa shape index (κ2) is 8.01. The first-order valence-electron chi connectivity index (χ1n) is 11.3. The average molecular weight is 434 g/mol. The Morgan fingerprint density at radius 3 is 2.10 bits per heavy atom. The molecule has 5 fully saturated rings. The number of carbonyl (C=O) groups is 1. The molecule has 1 aromatic rings. The molecule has 5 atom stereocenters. The maximum Gasteiger partial charge on any atom is 0.251 e. The summed E-state index contributed by atoms with van der Waals surface area (Å²) < 4.78 is 11.0. The largest absolute Gasteiger partial charge is 0.462 e. The van der Waals surface area contributed by atoms with Gasteiger partial charge in [0.15, 0.2) is 0 Å². The summed E-state index contributed by atoms with van der Waals surface area (Å²) in [6.45, 7) is -0.520. The van der Waals surface area contributed by atoms with Gasteiger partial charge in [-0.2, -0.15) is 0 Å². The van der Waals surface area contributed by atoms with Crippen molar-refractivity contribution in [3.05, 3.63) is 29.8 Å². The first-order chi connectivity index (χ1) is 14.9. The van der Waals surface area contributed by atoms with Crippen LogP contribution < -0.4 is 10.1 Å². The van der Waals surface area contributed by atoms with Gasteiger partial charge >= 0.3 is 0 Å². The van der Waals surface area contributed by atoms with Gasteiger partial charge in [0.2, 0.25) is 6.29 Å². The van der Waals surface area contributed by atoms with Crippen molar-refractivity contribution < 1.29 is 34.7 Å². The zero-order valence-corrected chi connectivity index (χ0v) is 17.4. The standard InChI is InChI=1S/C23H31NO7/c25-11-17-18(26)19(27)20(28)22(31-17)30-16-3-1-15(2-4-16)21(29)24-23-8-12-5-13(9-23)7-14(6-12)10-23/h1-4,12-14,17-20,22,25-28H,5-11H2,(H,24,29). The van der Waals surface area contributed by atoms with Crippen LogP contribution in [0.5, 0.6) is 5.75 Å². The Hall–Kier alpha value is -1.71. The van der Waals surface area contributed by atoms with Crippen LogP contribution in [0.2, 0.25) is 0 Å². The van der Waals surface area contributed by atoms with Gasteiger partial charge in [-0.15, -0.1) is 0 Å². The van der Waals surface area contributed by atoms with Gasteiger partial charge in [0, 0.05) is 11.1 Å². The average Bonchev–Trinajstić information content (AvgIpc) is 2.73. The third-order valence-corrected chi connectivity index (χ3v) is 7.63.